The molecule has 1 atom stereocenters. The molecule has 0 aliphatic carbocycles. The number of halogens is 1. The number of hydrogen-bond acceptors (Lipinski definition) is 3. The van der Waals surface area contributed by atoms with Crippen molar-refractivity contribution in [2.45, 2.75) is 12.1 Å². The van der Waals surface area contributed by atoms with Gasteiger partial charge in [0.15, 0.2) is 5.16 Å². The maximum absolute atomic E-state index is 4.12. The summed E-state index contributed by atoms with van der Waals surface area (Å²) in [6.07, 6.45) is 3.54. The number of hydrogen-bond donors (Lipinski definition) is 0. The minimum Gasteiger partial charge on any atom is -0.231 e. The van der Waals surface area contributed by atoms with Gasteiger partial charge in [-0.1, -0.05) is 34.6 Å². The lowest BCUT2D eigenvalue weighted by atomic mass is 10.3. The van der Waals surface area contributed by atoms with E-state index < -0.39 is 0 Å². The topological polar surface area (TPSA) is 25.8 Å². The molecule has 66 valence electrons. The normalized spacial score (nSPS) is 12.8. The molecule has 0 N–H and O–H groups in total. The molecule has 4 heteroatoms. The Morgan fingerprint density at radius 1 is 1.50 bits per heavy atom. The summed E-state index contributed by atoms with van der Waals surface area (Å²) in [6, 6.07) is 1.83. The molecule has 0 aliphatic heterocycles. The van der Waals surface area contributed by atoms with E-state index in [2.05, 4.69) is 32.8 Å². The molecule has 0 aliphatic rings. The van der Waals surface area contributed by atoms with Gasteiger partial charge in [-0.2, -0.15) is 0 Å². The fourth-order valence-electron chi connectivity index (χ4n) is 0.621. The molecule has 1 aromatic rings. The summed E-state index contributed by atoms with van der Waals surface area (Å²) < 4.78 is 0. The predicted octanol–water partition coefficient (Wildman–Crippen LogP) is 2.60. The second kappa shape index (κ2) is 5.54. The monoisotopic (exact) mass is 246 g/mol. The molecule has 0 amide bonds. The molecule has 1 unspecified atom stereocenters. The predicted molar refractivity (Wildman–Crippen MR) is 55.7 cm³/mol. The largest absolute Gasteiger partial charge is 0.231 e. The molecular formula is C8H11BrN2S. The zero-order valence-electron chi connectivity index (χ0n) is 6.90. The lowest BCUT2D eigenvalue weighted by Crippen LogP contribution is -1.99. The van der Waals surface area contributed by atoms with Crippen molar-refractivity contribution in [2.24, 2.45) is 5.92 Å². The van der Waals surface area contributed by atoms with Crippen molar-refractivity contribution >= 4 is 27.7 Å². The quantitative estimate of drug-likeness (QED) is 0.464. The summed E-state index contributed by atoms with van der Waals surface area (Å²) in [4.78, 5) is 8.24. The van der Waals surface area contributed by atoms with Crippen molar-refractivity contribution in [2.75, 3.05) is 11.1 Å². The highest BCUT2D eigenvalue weighted by molar-refractivity contribution is 9.09. The Bertz CT molecular complexity index is 218. The highest BCUT2D eigenvalue weighted by Crippen LogP contribution is 2.16. The van der Waals surface area contributed by atoms with Gasteiger partial charge in [0.2, 0.25) is 0 Å². The van der Waals surface area contributed by atoms with Crippen molar-refractivity contribution in [3.8, 4) is 0 Å². The molecule has 0 bridgehead atoms. The van der Waals surface area contributed by atoms with Crippen molar-refractivity contribution in [3.63, 3.8) is 0 Å². The summed E-state index contributed by atoms with van der Waals surface area (Å²) >= 11 is 5.14. The summed E-state index contributed by atoms with van der Waals surface area (Å²) in [7, 11) is 0. The van der Waals surface area contributed by atoms with Gasteiger partial charge in [-0.15, -0.1) is 0 Å². The fraction of sp³-hybridized carbons (Fsp3) is 0.500. The van der Waals surface area contributed by atoms with Crippen LogP contribution in [0.4, 0.5) is 0 Å². The molecule has 0 spiro atoms. The number of alkyl halides is 1. The summed E-state index contributed by atoms with van der Waals surface area (Å²) in [5.74, 6) is 1.73. The number of nitrogens with zero attached hydrogens (tertiary/aromatic N) is 2. The van der Waals surface area contributed by atoms with Gasteiger partial charge in [0.25, 0.3) is 0 Å². The molecule has 0 saturated carbocycles. The average Bonchev–Trinajstić information content (AvgIpc) is 2.16. The molecule has 0 aromatic carbocycles. The lowest BCUT2D eigenvalue weighted by Gasteiger charge is -2.04. The van der Waals surface area contributed by atoms with Crippen LogP contribution in [0.2, 0.25) is 0 Å². The molecule has 0 saturated heterocycles. The SMILES string of the molecule is CC(CBr)CSc1ncccn1. The third-order valence-corrected chi connectivity index (χ3v) is 3.61. The van der Waals surface area contributed by atoms with Crippen molar-refractivity contribution in [3.05, 3.63) is 18.5 Å². The van der Waals surface area contributed by atoms with Crippen LogP contribution in [0.5, 0.6) is 0 Å². The maximum Gasteiger partial charge on any atom is 0.187 e. The van der Waals surface area contributed by atoms with Gasteiger partial charge in [0.1, 0.15) is 0 Å². The van der Waals surface area contributed by atoms with Crippen molar-refractivity contribution in [1.29, 1.82) is 0 Å². The Morgan fingerprint density at radius 2 is 2.17 bits per heavy atom. The van der Waals surface area contributed by atoms with Crippen molar-refractivity contribution in [1.82, 2.24) is 9.97 Å². The molecule has 1 aromatic heterocycles. The van der Waals surface area contributed by atoms with Gasteiger partial charge in [-0.3, -0.25) is 0 Å². The van der Waals surface area contributed by atoms with Gasteiger partial charge in [-0.05, 0) is 12.0 Å². The second-order valence-electron chi connectivity index (χ2n) is 2.60. The van der Waals surface area contributed by atoms with Crippen LogP contribution in [0.1, 0.15) is 6.92 Å². The van der Waals surface area contributed by atoms with E-state index in [1.165, 1.54) is 0 Å². The van der Waals surface area contributed by atoms with Crippen LogP contribution in [-0.2, 0) is 0 Å². The average molecular weight is 247 g/mol. The Hall–Kier alpha value is -0.0900. The van der Waals surface area contributed by atoms with Gasteiger partial charge in [-0.25, -0.2) is 9.97 Å². The summed E-state index contributed by atoms with van der Waals surface area (Å²) in [5, 5.41) is 1.90. The first-order valence-electron chi connectivity index (χ1n) is 3.78. The van der Waals surface area contributed by atoms with Crippen LogP contribution in [0, 0.1) is 5.92 Å². The van der Waals surface area contributed by atoms with E-state index in [0.29, 0.717) is 5.92 Å². The maximum atomic E-state index is 4.12. The molecular weight excluding hydrogens is 236 g/mol. The highest BCUT2D eigenvalue weighted by atomic mass is 79.9. The Labute approximate surface area is 85.3 Å². The van der Waals surface area contributed by atoms with Crippen molar-refractivity contribution < 1.29 is 0 Å². The number of rotatable bonds is 4. The van der Waals surface area contributed by atoms with E-state index in [0.717, 1.165) is 16.2 Å². The van der Waals surface area contributed by atoms with E-state index in [9.17, 15) is 0 Å². The molecule has 1 heterocycles. The van der Waals surface area contributed by atoms with Crippen LogP contribution >= 0.6 is 27.7 Å². The van der Waals surface area contributed by atoms with E-state index in [1.54, 1.807) is 24.2 Å². The van der Waals surface area contributed by atoms with Crippen LogP contribution < -0.4 is 0 Å². The molecule has 1 rings (SSSR count). The third-order valence-electron chi connectivity index (χ3n) is 1.30. The lowest BCUT2D eigenvalue weighted by molar-refractivity contribution is 0.767. The zero-order valence-corrected chi connectivity index (χ0v) is 9.31. The van der Waals surface area contributed by atoms with Crippen LogP contribution in [0.25, 0.3) is 0 Å². The molecule has 12 heavy (non-hydrogen) atoms. The highest BCUT2D eigenvalue weighted by Gasteiger charge is 2.01. The fourth-order valence-corrected chi connectivity index (χ4v) is 1.98. The van der Waals surface area contributed by atoms with Gasteiger partial charge in [0.05, 0.1) is 0 Å². The summed E-state index contributed by atoms with van der Waals surface area (Å²) in [5.41, 5.74) is 0. The Kier molecular flexibility index (Phi) is 4.61. The van der Waals surface area contributed by atoms with E-state index >= 15 is 0 Å². The smallest absolute Gasteiger partial charge is 0.187 e. The van der Waals surface area contributed by atoms with Crippen LogP contribution in [0.15, 0.2) is 23.6 Å². The van der Waals surface area contributed by atoms with E-state index in [1.807, 2.05) is 6.07 Å². The minimum atomic E-state index is 0.666. The Morgan fingerprint density at radius 3 is 2.75 bits per heavy atom. The molecule has 0 fully saturated rings. The van der Waals surface area contributed by atoms with E-state index in [-0.39, 0.29) is 0 Å². The van der Waals surface area contributed by atoms with Crippen LogP contribution in [0.3, 0.4) is 0 Å². The van der Waals surface area contributed by atoms with E-state index in [4.69, 9.17) is 0 Å². The number of thioether (sulfide) groups is 1. The third kappa shape index (κ3) is 3.54. The summed E-state index contributed by atoms with van der Waals surface area (Å²) in [6.45, 7) is 2.20. The first-order chi connectivity index (χ1) is 5.83. The van der Waals surface area contributed by atoms with Gasteiger partial charge in [0, 0.05) is 23.5 Å². The minimum absolute atomic E-state index is 0.666. The van der Waals surface area contributed by atoms with Gasteiger partial charge >= 0.3 is 0 Å². The first-order valence-corrected chi connectivity index (χ1v) is 5.89. The van der Waals surface area contributed by atoms with Crippen LogP contribution in [-0.4, -0.2) is 21.1 Å². The first kappa shape index (κ1) is 9.99. The zero-order chi connectivity index (χ0) is 8.81. The molecule has 0 radical (unpaired) electrons. The molecule has 2 nitrogen and oxygen atoms in total. The Balaban J connectivity index is 2.33. The number of aromatic nitrogens is 2. The van der Waals surface area contributed by atoms with Gasteiger partial charge < -0.3 is 0 Å². The second-order valence-corrected chi connectivity index (χ2v) is 4.24. The standard InChI is InChI=1S/C8H11BrN2S/c1-7(5-9)6-12-8-10-3-2-4-11-8/h2-4,7H,5-6H2,1H3.